The summed E-state index contributed by atoms with van der Waals surface area (Å²) in [6.07, 6.45) is 4.71. The third-order valence-corrected chi connectivity index (χ3v) is 5.42. The molecule has 2 aromatic rings. The zero-order valence-corrected chi connectivity index (χ0v) is 16.0. The van der Waals surface area contributed by atoms with E-state index in [4.69, 9.17) is 10.00 Å². The molecule has 152 valence electrons. The maximum absolute atomic E-state index is 12.6. The molecule has 1 fully saturated rings. The molecule has 2 aliphatic rings. The number of carbonyl (C=O) groups excluding carboxylic acids is 3. The number of esters is 1. The van der Waals surface area contributed by atoms with Gasteiger partial charge < -0.3 is 4.74 Å². The summed E-state index contributed by atoms with van der Waals surface area (Å²) >= 11 is 0. The lowest BCUT2D eigenvalue weighted by molar-refractivity contribution is -0.154. The number of para-hydroxylation sites is 1. The van der Waals surface area contributed by atoms with Crippen LogP contribution in [0.4, 0.5) is 0 Å². The van der Waals surface area contributed by atoms with Gasteiger partial charge in [-0.3, -0.25) is 28.6 Å². The van der Waals surface area contributed by atoms with Crippen molar-refractivity contribution >= 4 is 28.7 Å². The Morgan fingerprint density at radius 3 is 2.47 bits per heavy atom. The minimum atomic E-state index is -0.783. The molecule has 2 atom stereocenters. The summed E-state index contributed by atoms with van der Waals surface area (Å²) in [5.74, 6) is -2.23. The average molecular weight is 406 g/mol. The Kier molecular flexibility index (Phi) is 5.14. The van der Waals surface area contributed by atoms with Crippen LogP contribution in [0, 0.1) is 23.2 Å². The smallest absolute Gasteiger partial charge is 0.326 e. The van der Waals surface area contributed by atoms with Crippen LogP contribution in [0.2, 0.25) is 0 Å². The van der Waals surface area contributed by atoms with E-state index >= 15 is 0 Å². The van der Waals surface area contributed by atoms with Crippen LogP contribution in [0.15, 0.2) is 41.2 Å². The number of aromatic nitrogens is 2. The van der Waals surface area contributed by atoms with Crippen LogP contribution in [-0.2, 0) is 32.3 Å². The highest BCUT2D eigenvalue weighted by molar-refractivity contribution is 6.07. The molecule has 0 N–H and O–H groups in total. The van der Waals surface area contributed by atoms with Crippen molar-refractivity contribution in [2.24, 2.45) is 11.8 Å². The monoisotopic (exact) mass is 406 g/mol. The van der Waals surface area contributed by atoms with E-state index in [9.17, 15) is 19.2 Å². The van der Waals surface area contributed by atoms with Crippen molar-refractivity contribution in [2.75, 3.05) is 6.54 Å². The van der Waals surface area contributed by atoms with Gasteiger partial charge in [0.2, 0.25) is 11.8 Å². The molecule has 0 bridgehead atoms. The minimum absolute atomic E-state index is 0.116. The van der Waals surface area contributed by atoms with Crippen LogP contribution < -0.4 is 5.56 Å². The van der Waals surface area contributed by atoms with E-state index in [1.165, 1.54) is 0 Å². The second kappa shape index (κ2) is 7.91. The van der Waals surface area contributed by atoms with Crippen LogP contribution >= 0.6 is 0 Å². The average Bonchev–Trinajstić information content (AvgIpc) is 3.00. The van der Waals surface area contributed by atoms with E-state index < -0.39 is 29.9 Å². The number of nitrogens with zero attached hydrogens (tertiary/aromatic N) is 4. The predicted molar refractivity (Wildman–Crippen MR) is 103 cm³/mol. The molecule has 1 aliphatic carbocycles. The summed E-state index contributed by atoms with van der Waals surface area (Å²) in [6, 6.07) is 8.56. The molecule has 1 aromatic heterocycles. The first-order valence-corrected chi connectivity index (χ1v) is 9.52. The molecule has 0 radical (unpaired) electrons. The normalized spacial score (nSPS) is 20.3. The molecule has 30 heavy (non-hydrogen) atoms. The molecule has 1 aliphatic heterocycles. The number of imide groups is 1. The quantitative estimate of drug-likeness (QED) is 0.411. The van der Waals surface area contributed by atoms with Gasteiger partial charge in [-0.2, -0.15) is 5.26 Å². The highest BCUT2D eigenvalue weighted by atomic mass is 16.5. The molecule has 9 heteroatoms. The maximum atomic E-state index is 12.6. The van der Waals surface area contributed by atoms with Crippen LogP contribution in [-0.4, -0.2) is 38.8 Å². The first-order chi connectivity index (χ1) is 14.5. The molecule has 0 unspecified atom stereocenters. The second-order valence-corrected chi connectivity index (χ2v) is 7.17. The highest BCUT2D eigenvalue weighted by Crippen LogP contribution is 2.34. The van der Waals surface area contributed by atoms with Gasteiger partial charge in [-0.1, -0.05) is 24.3 Å². The Labute approximate surface area is 171 Å². The summed E-state index contributed by atoms with van der Waals surface area (Å²) in [5, 5.41) is 9.39. The van der Waals surface area contributed by atoms with E-state index in [0.717, 1.165) is 9.47 Å². The number of rotatable bonds is 5. The van der Waals surface area contributed by atoms with E-state index in [-0.39, 0.29) is 30.8 Å². The lowest BCUT2D eigenvalue weighted by Crippen LogP contribution is -2.37. The lowest BCUT2D eigenvalue weighted by atomic mass is 9.85. The maximum Gasteiger partial charge on any atom is 0.326 e. The number of nitriles is 1. The van der Waals surface area contributed by atoms with E-state index in [2.05, 4.69) is 4.98 Å². The highest BCUT2D eigenvalue weighted by Gasteiger charge is 2.47. The number of allylic oxidation sites excluding steroid dienone is 2. The van der Waals surface area contributed by atoms with Gasteiger partial charge in [-0.15, -0.1) is 0 Å². The van der Waals surface area contributed by atoms with Crippen LogP contribution in [0.5, 0.6) is 0 Å². The molecule has 2 heterocycles. The Morgan fingerprint density at radius 1 is 1.13 bits per heavy atom. The van der Waals surface area contributed by atoms with Crippen molar-refractivity contribution in [1.82, 2.24) is 14.5 Å². The number of benzene rings is 1. The molecule has 2 amide bonds. The SMILES string of the molecule is N#CCn1c(COC(=O)CN2C(=O)[C@H]3CC=CC[C@@H]3C2=O)nc2ccccc2c1=O. The number of ether oxygens (including phenoxy) is 1. The summed E-state index contributed by atoms with van der Waals surface area (Å²) < 4.78 is 6.34. The van der Waals surface area contributed by atoms with Crippen molar-refractivity contribution in [3.05, 3.63) is 52.6 Å². The molecule has 0 saturated carbocycles. The number of likely N-dealkylation sites (tertiary alicyclic amines) is 1. The van der Waals surface area contributed by atoms with Gasteiger partial charge in [0.15, 0.2) is 5.82 Å². The zero-order chi connectivity index (χ0) is 21.3. The lowest BCUT2D eigenvalue weighted by Gasteiger charge is -2.15. The largest absolute Gasteiger partial charge is 0.456 e. The standard InChI is InChI=1S/C21H18N4O5/c22-9-10-24-17(23-16-8-4-3-7-15(16)21(24)29)12-30-18(26)11-25-19(27)13-5-1-2-6-14(13)20(25)28/h1-4,7-8,13-14H,5-6,10-12H2/t13-,14-/m0/s1. The molecule has 4 rings (SSSR count). The van der Waals surface area contributed by atoms with E-state index in [1.807, 2.05) is 18.2 Å². The summed E-state index contributed by atoms with van der Waals surface area (Å²) in [6.45, 7) is -1.09. The number of hydrogen-bond acceptors (Lipinski definition) is 7. The van der Waals surface area contributed by atoms with Crippen LogP contribution in [0.3, 0.4) is 0 Å². The zero-order valence-electron chi connectivity index (χ0n) is 16.0. The number of hydrogen-bond donors (Lipinski definition) is 0. The minimum Gasteiger partial charge on any atom is -0.456 e. The van der Waals surface area contributed by atoms with Crippen molar-refractivity contribution in [1.29, 1.82) is 5.26 Å². The number of amides is 2. The Morgan fingerprint density at radius 2 is 1.80 bits per heavy atom. The van der Waals surface area contributed by atoms with Gasteiger partial charge in [-0.25, -0.2) is 4.98 Å². The second-order valence-electron chi connectivity index (χ2n) is 7.17. The molecule has 1 aromatic carbocycles. The molecule has 9 nitrogen and oxygen atoms in total. The third-order valence-electron chi connectivity index (χ3n) is 5.42. The van der Waals surface area contributed by atoms with Gasteiger partial charge in [0.05, 0.1) is 28.8 Å². The molecule has 0 spiro atoms. The molecule has 1 saturated heterocycles. The summed E-state index contributed by atoms with van der Waals surface area (Å²) in [7, 11) is 0. The first kappa shape index (κ1) is 19.5. The summed E-state index contributed by atoms with van der Waals surface area (Å²) in [5.41, 5.74) is 0.0129. The first-order valence-electron chi connectivity index (χ1n) is 9.52. The van der Waals surface area contributed by atoms with E-state index in [1.54, 1.807) is 24.3 Å². The topological polar surface area (TPSA) is 122 Å². The third kappa shape index (κ3) is 3.37. The van der Waals surface area contributed by atoms with Gasteiger partial charge >= 0.3 is 5.97 Å². The molecular weight excluding hydrogens is 388 g/mol. The van der Waals surface area contributed by atoms with Crippen molar-refractivity contribution in [3.8, 4) is 6.07 Å². The van der Waals surface area contributed by atoms with Gasteiger partial charge in [-0.05, 0) is 25.0 Å². The van der Waals surface area contributed by atoms with Crippen molar-refractivity contribution < 1.29 is 19.1 Å². The predicted octanol–water partition coefficient (Wildman–Crippen LogP) is 0.914. The number of carbonyl (C=O) groups is 3. The van der Waals surface area contributed by atoms with Gasteiger partial charge in [0.25, 0.3) is 5.56 Å². The fourth-order valence-electron chi connectivity index (χ4n) is 3.90. The van der Waals surface area contributed by atoms with Crippen LogP contribution in [0.1, 0.15) is 18.7 Å². The summed E-state index contributed by atoms with van der Waals surface area (Å²) in [4.78, 5) is 55.1. The van der Waals surface area contributed by atoms with Crippen molar-refractivity contribution in [3.63, 3.8) is 0 Å². The van der Waals surface area contributed by atoms with E-state index in [0.29, 0.717) is 23.7 Å². The van der Waals surface area contributed by atoms with Gasteiger partial charge in [0, 0.05) is 0 Å². The fraction of sp³-hybridized carbons (Fsp3) is 0.333. The number of fused-ring (bicyclic) bond motifs is 2. The van der Waals surface area contributed by atoms with Gasteiger partial charge in [0.1, 0.15) is 19.7 Å². The molecular formula is C21H18N4O5. The Balaban J connectivity index is 1.49. The van der Waals surface area contributed by atoms with Crippen LogP contribution in [0.25, 0.3) is 10.9 Å². The van der Waals surface area contributed by atoms with Crippen molar-refractivity contribution in [2.45, 2.75) is 26.0 Å². The Bertz CT molecular complexity index is 1150. The Hall–Kier alpha value is -3.80. The fourth-order valence-corrected chi connectivity index (χ4v) is 3.90.